The third-order valence-corrected chi connectivity index (χ3v) is 7.78. The summed E-state index contributed by atoms with van der Waals surface area (Å²) in [5.74, 6) is -1.67. The van der Waals surface area contributed by atoms with Gasteiger partial charge in [-0.05, 0) is 30.4 Å². The molecule has 4 atom stereocenters. The third-order valence-electron chi connectivity index (χ3n) is 7.78. The van der Waals surface area contributed by atoms with E-state index in [4.69, 9.17) is 4.74 Å². The topological polar surface area (TPSA) is 145 Å². The number of hydrogen-bond donors (Lipinski definition) is 3. The summed E-state index contributed by atoms with van der Waals surface area (Å²) in [7, 11) is 1.16. The van der Waals surface area contributed by atoms with Crippen molar-refractivity contribution in [1.29, 1.82) is 0 Å². The molecule has 42 heavy (non-hydrogen) atoms. The number of likely N-dealkylation sites (tertiary alicyclic amines) is 2. The van der Waals surface area contributed by atoms with E-state index in [-0.39, 0.29) is 44.6 Å². The monoisotopic (exact) mass is 578 g/mol. The minimum absolute atomic E-state index is 0.102. The van der Waals surface area contributed by atoms with Crippen LogP contribution in [0.3, 0.4) is 0 Å². The van der Waals surface area contributed by atoms with E-state index < -0.39 is 48.0 Å². The Morgan fingerprint density at radius 2 is 1.50 bits per heavy atom. The van der Waals surface area contributed by atoms with Crippen molar-refractivity contribution in [2.24, 2.45) is 0 Å². The summed E-state index contributed by atoms with van der Waals surface area (Å²) in [6.07, 6.45) is 0.319. The van der Waals surface area contributed by atoms with Gasteiger partial charge in [-0.25, -0.2) is 9.59 Å². The van der Waals surface area contributed by atoms with Gasteiger partial charge in [0.2, 0.25) is 11.8 Å². The number of carbonyl (C=O) groups excluding carboxylic acids is 5. The molecule has 0 spiro atoms. The van der Waals surface area contributed by atoms with Crippen LogP contribution in [-0.2, 0) is 36.8 Å². The van der Waals surface area contributed by atoms with Gasteiger partial charge < -0.3 is 30.3 Å². The molecule has 0 bridgehead atoms. The highest BCUT2D eigenvalue weighted by atomic mass is 16.5. The highest BCUT2D eigenvalue weighted by Gasteiger charge is 2.40. The fourth-order valence-corrected chi connectivity index (χ4v) is 5.43. The van der Waals surface area contributed by atoms with E-state index in [1.807, 2.05) is 60.7 Å². The molecule has 0 saturated carbocycles. The van der Waals surface area contributed by atoms with Gasteiger partial charge in [0.25, 0.3) is 0 Å². The summed E-state index contributed by atoms with van der Waals surface area (Å²) in [6, 6.07) is 15.2. The molecule has 0 unspecified atom stereocenters. The zero-order chi connectivity index (χ0) is 30.1. The Kier molecular flexibility index (Phi) is 10.7. The van der Waals surface area contributed by atoms with Crippen molar-refractivity contribution in [3.63, 3.8) is 0 Å². The number of methoxy groups -OCH3 is 1. The number of ketones is 1. The lowest BCUT2D eigenvalue weighted by atomic mass is 10.00. The molecule has 0 radical (unpaired) electrons. The number of piperidine rings is 1. The van der Waals surface area contributed by atoms with E-state index >= 15 is 0 Å². The molecule has 2 heterocycles. The van der Waals surface area contributed by atoms with Crippen molar-refractivity contribution >= 4 is 29.6 Å². The average Bonchev–Trinajstić information content (AvgIpc) is 3.51. The first-order valence-corrected chi connectivity index (χ1v) is 14.3. The molecule has 2 aromatic carbocycles. The quantitative estimate of drug-likeness (QED) is 0.360. The molecule has 3 N–H and O–H groups in total. The molecule has 2 fully saturated rings. The minimum Gasteiger partial charge on any atom is -0.467 e. The molecule has 4 rings (SSSR count). The second-order valence-corrected chi connectivity index (χ2v) is 10.7. The first-order chi connectivity index (χ1) is 20.3. The van der Waals surface area contributed by atoms with Gasteiger partial charge in [0.05, 0.1) is 13.2 Å². The van der Waals surface area contributed by atoms with Crippen LogP contribution in [0.25, 0.3) is 0 Å². The van der Waals surface area contributed by atoms with Gasteiger partial charge in [0, 0.05) is 38.9 Å². The summed E-state index contributed by atoms with van der Waals surface area (Å²) >= 11 is 0. The minimum atomic E-state index is -1.61. The lowest BCUT2D eigenvalue weighted by Crippen LogP contribution is -2.58. The largest absolute Gasteiger partial charge is 0.467 e. The normalized spacial score (nSPS) is 19.0. The van der Waals surface area contributed by atoms with Crippen molar-refractivity contribution in [2.45, 2.75) is 62.8 Å². The van der Waals surface area contributed by atoms with Gasteiger partial charge >= 0.3 is 12.0 Å². The number of ether oxygens (including phenoxy) is 1. The molecular formula is C31H38N4O7. The number of rotatable bonds is 10. The number of carbonyl (C=O) groups is 5. The Balaban J connectivity index is 1.50. The number of Topliss-reactive ketones (excluding diaryl/α,β-unsaturated/α-hetero) is 1. The van der Waals surface area contributed by atoms with Crippen LogP contribution in [0, 0.1) is 0 Å². The highest BCUT2D eigenvalue weighted by molar-refractivity contribution is 5.93. The maximum Gasteiger partial charge on any atom is 0.336 e. The van der Waals surface area contributed by atoms with Crippen LogP contribution in [0.15, 0.2) is 60.7 Å². The van der Waals surface area contributed by atoms with E-state index in [1.54, 1.807) is 0 Å². The van der Waals surface area contributed by atoms with Crippen LogP contribution in [0.4, 0.5) is 4.79 Å². The fraction of sp³-hybridized carbons (Fsp3) is 0.452. The van der Waals surface area contributed by atoms with Gasteiger partial charge in [-0.1, -0.05) is 60.7 Å². The molecule has 2 aromatic rings. The van der Waals surface area contributed by atoms with E-state index in [0.717, 1.165) is 18.2 Å². The number of hydrogen-bond acceptors (Lipinski definition) is 7. The number of nitrogens with one attached hydrogen (secondary N) is 2. The van der Waals surface area contributed by atoms with Gasteiger partial charge in [-0.2, -0.15) is 0 Å². The molecule has 2 aliphatic rings. The first-order valence-electron chi connectivity index (χ1n) is 14.3. The SMILES string of the molecule is COC(=O)[C@H](O)[C@H](Cc1ccccc1)NC(=O)[C@@H]1CCCN1C(=O)[C@H](Cc1ccccc1)NC(=O)N1CCC(=O)CC1. The van der Waals surface area contributed by atoms with E-state index in [0.29, 0.717) is 19.4 Å². The summed E-state index contributed by atoms with van der Waals surface area (Å²) in [6.45, 7) is 0.896. The zero-order valence-corrected chi connectivity index (χ0v) is 23.7. The van der Waals surface area contributed by atoms with Crippen LogP contribution in [0.2, 0.25) is 0 Å². The lowest BCUT2D eigenvalue weighted by Gasteiger charge is -2.32. The number of benzene rings is 2. The average molecular weight is 579 g/mol. The fourth-order valence-electron chi connectivity index (χ4n) is 5.43. The second-order valence-electron chi connectivity index (χ2n) is 10.7. The van der Waals surface area contributed by atoms with E-state index in [1.165, 1.54) is 9.80 Å². The van der Waals surface area contributed by atoms with Crippen LogP contribution >= 0.6 is 0 Å². The molecule has 11 nitrogen and oxygen atoms in total. The van der Waals surface area contributed by atoms with Crippen LogP contribution < -0.4 is 10.6 Å². The van der Waals surface area contributed by atoms with Crippen molar-refractivity contribution in [3.05, 3.63) is 71.8 Å². The highest BCUT2D eigenvalue weighted by Crippen LogP contribution is 2.21. The van der Waals surface area contributed by atoms with E-state index in [9.17, 15) is 29.1 Å². The summed E-state index contributed by atoms with van der Waals surface area (Å²) in [5, 5.41) is 16.3. The number of aliphatic hydroxyl groups is 1. The van der Waals surface area contributed by atoms with Crippen molar-refractivity contribution in [3.8, 4) is 0 Å². The Hall–Kier alpha value is -4.25. The number of amides is 4. The predicted molar refractivity (Wildman–Crippen MR) is 153 cm³/mol. The summed E-state index contributed by atoms with van der Waals surface area (Å²) in [4.78, 5) is 67.4. The van der Waals surface area contributed by atoms with Crippen molar-refractivity contribution < 1.29 is 33.8 Å². The Bertz CT molecular complexity index is 1250. The molecule has 2 aliphatic heterocycles. The smallest absolute Gasteiger partial charge is 0.336 e. The number of urea groups is 1. The molecular weight excluding hydrogens is 540 g/mol. The van der Waals surface area contributed by atoms with Gasteiger partial charge in [-0.3, -0.25) is 14.4 Å². The lowest BCUT2D eigenvalue weighted by molar-refractivity contribution is -0.152. The van der Waals surface area contributed by atoms with Gasteiger partial charge in [-0.15, -0.1) is 0 Å². The number of aliphatic hydroxyl groups excluding tert-OH is 1. The standard InChI is InChI=1S/C31H38N4O7/c1-42-30(40)27(37)24(19-21-9-4-2-5-10-21)32-28(38)26-13-8-16-35(26)29(39)25(20-22-11-6-3-7-12-22)33-31(41)34-17-14-23(36)15-18-34/h2-7,9-12,24-27,37H,8,13-20H2,1H3,(H,32,38)(H,33,41)/t24-,25-,26-,27+/m0/s1. The van der Waals surface area contributed by atoms with Crippen LogP contribution in [0.5, 0.6) is 0 Å². The predicted octanol–water partition coefficient (Wildman–Crippen LogP) is 1.22. The van der Waals surface area contributed by atoms with Gasteiger partial charge in [0.1, 0.15) is 17.9 Å². The Morgan fingerprint density at radius 1 is 0.905 bits per heavy atom. The van der Waals surface area contributed by atoms with Crippen molar-refractivity contribution in [2.75, 3.05) is 26.7 Å². The maximum atomic E-state index is 13.9. The van der Waals surface area contributed by atoms with Gasteiger partial charge in [0.15, 0.2) is 6.10 Å². The molecule has 4 amide bonds. The maximum absolute atomic E-state index is 13.9. The Morgan fingerprint density at radius 3 is 2.10 bits per heavy atom. The third kappa shape index (κ3) is 7.94. The molecule has 2 saturated heterocycles. The summed E-state index contributed by atoms with van der Waals surface area (Å²) < 4.78 is 4.71. The zero-order valence-electron chi connectivity index (χ0n) is 23.7. The van der Waals surface area contributed by atoms with Crippen LogP contribution in [0.1, 0.15) is 36.8 Å². The first kappa shape index (κ1) is 30.7. The van der Waals surface area contributed by atoms with Crippen molar-refractivity contribution in [1.82, 2.24) is 20.4 Å². The molecule has 11 heteroatoms. The molecule has 0 aliphatic carbocycles. The second kappa shape index (κ2) is 14.6. The van der Waals surface area contributed by atoms with E-state index in [2.05, 4.69) is 10.6 Å². The number of esters is 1. The molecule has 224 valence electrons. The molecule has 0 aromatic heterocycles. The summed E-state index contributed by atoms with van der Waals surface area (Å²) in [5.41, 5.74) is 1.64. The Labute approximate surface area is 245 Å². The van der Waals surface area contributed by atoms with Crippen LogP contribution in [-0.4, -0.2) is 95.5 Å². The number of nitrogens with zero attached hydrogens (tertiary/aromatic N) is 2.